The van der Waals surface area contributed by atoms with E-state index >= 15 is 0 Å². The summed E-state index contributed by atoms with van der Waals surface area (Å²) in [5, 5.41) is 20.6. The molecule has 0 heterocycles. The van der Waals surface area contributed by atoms with Gasteiger partial charge in [0, 0.05) is 19.3 Å². The molecule has 0 aromatic heterocycles. The van der Waals surface area contributed by atoms with E-state index in [0.717, 1.165) is 193 Å². The lowest BCUT2D eigenvalue weighted by atomic mass is 10.1. The lowest BCUT2D eigenvalue weighted by Gasteiger charge is -2.21. The van der Waals surface area contributed by atoms with E-state index in [9.17, 15) is 43.5 Å². The van der Waals surface area contributed by atoms with E-state index in [2.05, 4.69) is 179 Å². The molecule has 0 aliphatic rings. The summed E-state index contributed by atoms with van der Waals surface area (Å²) >= 11 is 0. The Morgan fingerprint density at radius 1 is 0.283 bits per heavy atom. The van der Waals surface area contributed by atoms with Gasteiger partial charge in [-0.1, -0.05) is 275 Å². The van der Waals surface area contributed by atoms with E-state index in [4.69, 9.17) is 32.3 Å². The van der Waals surface area contributed by atoms with Gasteiger partial charge in [-0.15, -0.1) is 0 Å². The van der Waals surface area contributed by atoms with Crippen LogP contribution in [0.15, 0.2) is 158 Å². The zero-order valence-corrected chi connectivity index (χ0v) is 63.1. The molecule has 0 rings (SSSR count). The molecule has 0 aliphatic carbocycles. The molecule has 18 heteroatoms. The van der Waals surface area contributed by atoms with E-state index < -0.39 is 91.5 Å². The van der Waals surface area contributed by atoms with Crippen LogP contribution < -0.4 is 0 Å². The highest BCUT2D eigenvalue weighted by Crippen LogP contribution is 2.45. The first-order chi connectivity index (χ1) is 48.2. The van der Waals surface area contributed by atoms with Gasteiger partial charge in [-0.05, 0) is 141 Å². The van der Waals surface area contributed by atoms with Crippen LogP contribution in [0.2, 0.25) is 0 Å². The highest BCUT2D eigenvalue weighted by atomic mass is 31.2. The van der Waals surface area contributed by atoms with Gasteiger partial charge in [-0.25, -0.2) is 9.13 Å². The molecule has 4 N–H and O–H groups in total. The maximum Gasteiger partial charge on any atom is 0.472 e. The highest BCUT2D eigenvalue weighted by Gasteiger charge is 2.29. The Kier molecular flexibility index (Phi) is 69.4. The zero-order valence-electron chi connectivity index (χ0n) is 61.4. The standard InChI is InChI=1S/C81H134O16P2/c1-4-7-10-13-16-19-22-25-28-31-33-35-36-37-38-40-42-44-46-49-52-55-58-61-64-67-79(84)91-70-76(82)71-93-98(87,88)94-72-77(83)73-95-99(89,90)96-75-78(97-81(86)69-66-63-60-57-54-51-48-43-30-27-24-21-18-15-12-9-6-3)74-92-80(85)68-65-62-59-56-53-50-47-45-41-39-34-32-29-26-23-20-17-14-11-8-5-2/h7-12,16-21,25-30,33-35,37-39,45,47,76-78,82-83H,4-6,13-15,22-24,31-32,36,40-44,46,48-75H2,1-3H3,(H,87,88)(H,89,90)/b10-7-,11-8-,12-9-,19-16-,20-17-,21-18-,28-25-,29-26-,30-27-,35-33-,38-37-,39-34-,47-45-. The number of unbranched alkanes of at least 4 members (excludes halogenated alkanes) is 21. The third-order valence-electron chi connectivity index (χ3n) is 15.2. The van der Waals surface area contributed by atoms with Crippen LogP contribution in [0.5, 0.6) is 0 Å². The summed E-state index contributed by atoms with van der Waals surface area (Å²) in [5.74, 6) is -1.62. The lowest BCUT2D eigenvalue weighted by Crippen LogP contribution is -2.30. The molecule has 0 spiro atoms. The number of hydrogen-bond donors (Lipinski definition) is 4. The largest absolute Gasteiger partial charge is 0.472 e. The predicted octanol–water partition coefficient (Wildman–Crippen LogP) is 21.9. The number of carbonyl (C=O) groups excluding carboxylic acids is 3. The van der Waals surface area contributed by atoms with Crippen molar-refractivity contribution in [2.24, 2.45) is 0 Å². The first-order valence-electron chi connectivity index (χ1n) is 37.8. The van der Waals surface area contributed by atoms with Crippen molar-refractivity contribution in [2.45, 2.75) is 296 Å². The Morgan fingerprint density at radius 3 is 0.798 bits per heavy atom. The Hall–Kier alpha value is -4.83. The van der Waals surface area contributed by atoms with Crippen LogP contribution in [0.1, 0.15) is 278 Å². The molecule has 5 unspecified atom stereocenters. The summed E-state index contributed by atoms with van der Waals surface area (Å²) in [6, 6.07) is 0. The topological polar surface area (TPSA) is 231 Å². The molecule has 564 valence electrons. The Labute approximate surface area is 600 Å². The number of esters is 3. The van der Waals surface area contributed by atoms with Gasteiger partial charge in [0.2, 0.25) is 0 Å². The van der Waals surface area contributed by atoms with E-state index in [1.54, 1.807) is 0 Å². The van der Waals surface area contributed by atoms with Crippen molar-refractivity contribution in [3.63, 3.8) is 0 Å². The van der Waals surface area contributed by atoms with E-state index in [-0.39, 0.29) is 19.3 Å². The van der Waals surface area contributed by atoms with Crippen LogP contribution in [-0.4, -0.2) is 95.9 Å². The second kappa shape index (κ2) is 72.9. The van der Waals surface area contributed by atoms with E-state index in [0.29, 0.717) is 19.3 Å². The van der Waals surface area contributed by atoms with Gasteiger partial charge in [-0.2, -0.15) is 0 Å². The highest BCUT2D eigenvalue weighted by molar-refractivity contribution is 7.47. The quantitative estimate of drug-likeness (QED) is 0.0146. The number of phosphoric ester groups is 2. The van der Waals surface area contributed by atoms with Gasteiger partial charge in [0.15, 0.2) is 6.10 Å². The van der Waals surface area contributed by atoms with Crippen LogP contribution >= 0.6 is 15.6 Å². The monoisotopic (exact) mass is 1420 g/mol. The van der Waals surface area contributed by atoms with Gasteiger partial charge < -0.3 is 34.2 Å². The molecule has 0 aromatic rings. The maximum atomic E-state index is 13.0. The Morgan fingerprint density at radius 2 is 0.505 bits per heavy atom. The minimum atomic E-state index is -4.94. The molecule has 99 heavy (non-hydrogen) atoms. The fraction of sp³-hybridized carbons (Fsp3) is 0.642. The molecular weight excluding hydrogens is 1290 g/mol. The summed E-state index contributed by atoms with van der Waals surface area (Å²) in [5.41, 5.74) is 0. The minimum Gasteiger partial charge on any atom is -0.463 e. The van der Waals surface area contributed by atoms with Crippen LogP contribution in [0.3, 0.4) is 0 Å². The van der Waals surface area contributed by atoms with Gasteiger partial charge in [0.1, 0.15) is 25.4 Å². The number of aliphatic hydroxyl groups is 2. The average Bonchev–Trinajstić information content (AvgIpc) is 2.07. The zero-order chi connectivity index (χ0) is 72.3. The van der Waals surface area contributed by atoms with Crippen molar-refractivity contribution in [1.29, 1.82) is 0 Å². The van der Waals surface area contributed by atoms with Crippen LogP contribution in [0, 0.1) is 0 Å². The second-order valence-electron chi connectivity index (χ2n) is 24.7. The van der Waals surface area contributed by atoms with Gasteiger partial charge in [0.05, 0.1) is 26.4 Å². The van der Waals surface area contributed by atoms with Crippen LogP contribution in [0.25, 0.3) is 0 Å². The molecule has 0 aliphatic heterocycles. The lowest BCUT2D eigenvalue weighted by molar-refractivity contribution is -0.161. The number of allylic oxidation sites excluding steroid dienone is 26. The summed E-state index contributed by atoms with van der Waals surface area (Å²) in [6.45, 7) is 2.29. The third kappa shape index (κ3) is 74.2. The summed E-state index contributed by atoms with van der Waals surface area (Å²) < 4.78 is 61.1. The van der Waals surface area contributed by atoms with Crippen LogP contribution in [0.4, 0.5) is 0 Å². The summed E-state index contributed by atoms with van der Waals surface area (Å²) in [7, 11) is -9.81. The van der Waals surface area contributed by atoms with Crippen molar-refractivity contribution < 1.29 is 75.8 Å². The van der Waals surface area contributed by atoms with Crippen molar-refractivity contribution >= 4 is 33.6 Å². The number of hydrogen-bond acceptors (Lipinski definition) is 14. The number of aliphatic hydroxyl groups excluding tert-OH is 2. The van der Waals surface area contributed by atoms with Crippen molar-refractivity contribution in [3.05, 3.63) is 158 Å². The third-order valence-corrected chi connectivity index (χ3v) is 17.1. The van der Waals surface area contributed by atoms with Crippen molar-refractivity contribution in [2.75, 3.05) is 39.6 Å². The Bertz CT molecular complexity index is 2430. The fourth-order valence-electron chi connectivity index (χ4n) is 9.58. The molecule has 5 atom stereocenters. The fourth-order valence-corrected chi connectivity index (χ4v) is 11.2. The molecule has 0 radical (unpaired) electrons. The smallest absolute Gasteiger partial charge is 0.463 e. The first-order valence-corrected chi connectivity index (χ1v) is 40.8. The molecule has 0 fully saturated rings. The summed E-state index contributed by atoms with van der Waals surface area (Å²) in [4.78, 5) is 58.6. The molecule has 0 saturated heterocycles. The molecular formula is C81H134O16P2. The van der Waals surface area contributed by atoms with E-state index in [1.165, 1.54) is 25.7 Å². The molecule has 0 saturated carbocycles. The number of rotatable bonds is 70. The number of carbonyl (C=O) groups is 3. The first kappa shape index (κ1) is 94.2. The second-order valence-corrected chi connectivity index (χ2v) is 27.6. The predicted molar refractivity (Wildman–Crippen MR) is 408 cm³/mol. The number of ether oxygens (including phenoxy) is 3. The molecule has 0 bridgehead atoms. The maximum absolute atomic E-state index is 13.0. The van der Waals surface area contributed by atoms with E-state index in [1.807, 2.05) is 0 Å². The van der Waals surface area contributed by atoms with Gasteiger partial charge >= 0.3 is 33.6 Å². The summed E-state index contributed by atoms with van der Waals surface area (Å²) in [6.07, 6.45) is 89.9. The number of phosphoric acid groups is 2. The molecule has 16 nitrogen and oxygen atoms in total. The minimum absolute atomic E-state index is 0.0833. The van der Waals surface area contributed by atoms with Gasteiger partial charge in [0.25, 0.3) is 0 Å². The molecule has 0 aromatic carbocycles. The van der Waals surface area contributed by atoms with Crippen molar-refractivity contribution in [1.82, 2.24) is 0 Å². The van der Waals surface area contributed by atoms with Gasteiger partial charge in [-0.3, -0.25) is 32.5 Å². The average molecular weight is 1430 g/mol. The Balaban J connectivity index is 4.67. The molecule has 0 amide bonds. The van der Waals surface area contributed by atoms with Crippen LogP contribution in [-0.2, 0) is 55.8 Å². The normalized spacial score (nSPS) is 14.9. The van der Waals surface area contributed by atoms with Crippen molar-refractivity contribution in [3.8, 4) is 0 Å². The SMILES string of the molecule is CC/C=C\C/C=C\C/C=C\C/C=C\C/C=C\CCCCCCCCCCCC(=O)OCC(O)COP(=O)(O)OCC(O)COP(=O)(O)OCC(COC(=O)CCCCCCC/C=C\C/C=C\C/C=C\C/C=C\C/C=C\CC)OC(=O)CCCCCCCCC/C=C\C/C=C\C/C=C\CC.